The average molecular weight is 333 g/mol. The van der Waals surface area contributed by atoms with Crippen LogP contribution < -0.4 is 0 Å². The molecular weight excluding hydrogens is 310 g/mol. The molecule has 0 radical (unpaired) electrons. The first-order valence-electron chi connectivity index (χ1n) is 8.36. The van der Waals surface area contributed by atoms with Crippen LogP contribution in [0.5, 0.6) is 0 Å². The van der Waals surface area contributed by atoms with Gasteiger partial charge in [-0.05, 0) is 43.2 Å². The Labute approximate surface area is 139 Å². The minimum absolute atomic E-state index is 0.131. The van der Waals surface area contributed by atoms with Gasteiger partial charge in [-0.15, -0.1) is 4.31 Å². The largest absolute Gasteiger partial charge is 0.598 e. The van der Waals surface area contributed by atoms with E-state index in [-0.39, 0.29) is 5.92 Å². The summed E-state index contributed by atoms with van der Waals surface area (Å²) >= 11 is -0.962. The second kappa shape index (κ2) is 6.09. The maximum Gasteiger partial charge on any atom is 0.115 e. The molecule has 3 atom stereocenters. The van der Waals surface area contributed by atoms with Crippen LogP contribution in [0.2, 0.25) is 0 Å². The zero-order valence-corrected chi connectivity index (χ0v) is 14.2. The molecule has 1 saturated carbocycles. The number of rotatable bonds is 4. The van der Waals surface area contributed by atoms with Crippen LogP contribution in [0, 0.1) is 5.92 Å². The molecule has 1 aliphatic heterocycles. The molecule has 1 N–H and O–H groups in total. The van der Waals surface area contributed by atoms with Gasteiger partial charge >= 0.3 is 0 Å². The van der Waals surface area contributed by atoms with Crippen LogP contribution in [0.15, 0.2) is 24.8 Å². The standard InChI is InChI=1S/C17H23N3O2S/c1-23(22)20-7-2-3-13(10-20)17(21)16-14(12-4-5-12)6-8-19-11-18-9-15(16)19/h6,8-9,11-13,17,21H,2-5,7,10H2,1H3. The van der Waals surface area contributed by atoms with Gasteiger partial charge in [0.15, 0.2) is 0 Å². The molecule has 0 bridgehead atoms. The van der Waals surface area contributed by atoms with Crippen molar-refractivity contribution in [2.45, 2.75) is 37.7 Å². The third kappa shape index (κ3) is 2.89. The van der Waals surface area contributed by atoms with Crippen molar-refractivity contribution in [2.24, 2.45) is 5.92 Å². The number of hydrogen-bond donors (Lipinski definition) is 1. The lowest BCUT2D eigenvalue weighted by atomic mass is 9.86. The minimum atomic E-state index is -0.962. The summed E-state index contributed by atoms with van der Waals surface area (Å²) in [5.41, 5.74) is 3.33. The number of piperidine rings is 1. The summed E-state index contributed by atoms with van der Waals surface area (Å²) in [7, 11) is 0. The van der Waals surface area contributed by atoms with Gasteiger partial charge < -0.3 is 14.1 Å². The molecule has 1 saturated heterocycles. The van der Waals surface area contributed by atoms with E-state index in [0.29, 0.717) is 12.5 Å². The highest BCUT2D eigenvalue weighted by Crippen LogP contribution is 2.45. The van der Waals surface area contributed by atoms with E-state index in [2.05, 4.69) is 11.1 Å². The number of fused-ring (bicyclic) bond motifs is 1. The van der Waals surface area contributed by atoms with Gasteiger partial charge in [0.2, 0.25) is 0 Å². The van der Waals surface area contributed by atoms with Gasteiger partial charge in [-0.2, -0.15) is 0 Å². The fourth-order valence-corrected chi connectivity index (χ4v) is 4.59. The van der Waals surface area contributed by atoms with Crippen LogP contribution in [0.25, 0.3) is 5.52 Å². The van der Waals surface area contributed by atoms with Gasteiger partial charge in [-0.25, -0.2) is 4.98 Å². The molecule has 2 aromatic rings. The molecule has 3 unspecified atom stereocenters. The van der Waals surface area contributed by atoms with E-state index >= 15 is 0 Å². The molecule has 2 aromatic heterocycles. The Kier molecular flexibility index (Phi) is 4.09. The SMILES string of the molecule is C[S+]([O-])N1CCCC(C(O)c2c(C3CC3)ccn3cncc23)C1. The lowest BCUT2D eigenvalue weighted by molar-refractivity contribution is 0.0739. The van der Waals surface area contributed by atoms with Gasteiger partial charge in [0.1, 0.15) is 6.26 Å². The molecule has 0 aromatic carbocycles. The third-order valence-electron chi connectivity index (χ3n) is 5.21. The molecule has 23 heavy (non-hydrogen) atoms. The molecule has 5 nitrogen and oxygen atoms in total. The van der Waals surface area contributed by atoms with Crippen LogP contribution in [0.1, 0.15) is 48.8 Å². The van der Waals surface area contributed by atoms with Crippen LogP contribution in [-0.4, -0.2) is 42.7 Å². The fraction of sp³-hybridized carbons (Fsp3) is 0.588. The minimum Gasteiger partial charge on any atom is -0.598 e. The molecule has 2 fully saturated rings. The Balaban J connectivity index is 1.69. The van der Waals surface area contributed by atoms with Crippen molar-refractivity contribution in [3.05, 3.63) is 35.9 Å². The topological polar surface area (TPSA) is 63.8 Å². The number of hydrogen-bond acceptors (Lipinski definition) is 4. The van der Waals surface area contributed by atoms with Crippen LogP contribution in [0.4, 0.5) is 0 Å². The van der Waals surface area contributed by atoms with E-state index < -0.39 is 17.5 Å². The number of aliphatic hydroxyl groups excluding tert-OH is 1. The van der Waals surface area contributed by atoms with E-state index in [1.807, 2.05) is 21.1 Å². The molecule has 1 aliphatic carbocycles. The summed E-state index contributed by atoms with van der Waals surface area (Å²) in [6.07, 6.45) is 11.3. The van der Waals surface area contributed by atoms with Crippen molar-refractivity contribution in [3.8, 4) is 0 Å². The van der Waals surface area contributed by atoms with Crippen molar-refractivity contribution in [1.29, 1.82) is 0 Å². The Morgan fingerprint density at radius 2 is 2.22 bits per heavy atom. The van der Waals surface area contributed by atoms with E-state index in [9.17, 15) is 9.66 Å². The molecule has 3 heterocycles. The van der Waals surface area contributed by atoms with Crippen molar-refractivity contribution < 1.29 is 9.66 Å². The maximum atomic E-state index is 11.8. The summed E-state index contributed by atoms with van der Waals surface area (Å²) in [4.78, 5) is 4.25. The van der Waals surface area contributed by atoms with Crippen molar-refractivity contribution in [3.63, 3.8) is 0 Å². The number of nitrogens with zero attached hydrogens (tertiary/aromatic N) is 3. The molecular formula is C17H23N3O2S. The van der Waals surface area contributed by atoms with Gasteiger partial charge in [0.05, 0.1) is 30.7 Å². The Bertz CT molecular complexity index is 698. The predicted molar refractivity (Wildman–Crippen MR) is 90.5 cm³/mol. The highest BCUT2D eigenvalue weighted by atomic mass is 32.2. The van der Waals surface area contributed by atoms with E-state index in [4.69, 9.17) is 0 Å². The Hall–Kier alpha value is -1.08. The van der Waals surface area contributed by atoms with E-state index in [1.165, 1.54) is 18.4 Å². The summed E-state index contributed by atoms with van der Waals surface area (Å²) in [6, 6.07) is 2.14. The molecule has 6 heteroatoms. The number of imidazole rings is 1. The second-order valence-corrected chi connectivity index (χ2v) is 8.17. The van der Waals surface area contributed by atoms with Crippen molar-refractivity contribution in [2.75, 3.05) is 19.3 Å². The van der Waals surface area contributed by atoms with E-state index in [1.54, 1.807) is 12.6 Å². The zero-order valence-electron chi connectivity index (χ0n) is 13.4. The van der Waals surface area contributed by atoms with Crippen molar-refractivity contribution in [1.82, 2.24) is 13.7 Å². The average Bonchev–Trinajstić information content (AvgIpc) is 3.30. The van der Waals surface area contributed by atoms with Gasteiger partial charge in [-0.1, -0.05) is 0 Å². The fourth-order valence-electron chi connectivity index (χ4n) is 3.80. The number of aromatic nitrogens is 2. The second-order valence-electron chi connectivity index (χ2n) is 6.80. The first-order valence-corrected chi connectivity index (χ1v) is 9.87. The number of aliphatic hydroxyl groups is 1. The lowest BCUT2D eigenvalue weighted by Gasteiger charge is -2.34. The quantitative estimate of drug-likeness (QED) is 0.872. The third-order valence-corrected chi connectivity index (χ3v) is 6.27. The normalized spacial score (nSPS) is 25.6. The van der Waals surface area contributed by atoms with Gasteiger partial charge in [-0.3, -0.25) is 0 Å². The highest BCUT2D eigenvalue weighted by molar-refractivity contribution is 7.88. The molecule has 0 spiro atoms. The highest BCUT2D eigenvalue weighted by Gasteiger charge is 2.35. The monoisotopic (exact) mass is 333 g/mol. The summed E-state index contributed by atoms with van der Waals surface area (Å²) in [6.45, 7) is 1.56. The van der Waals surface area contributed by atoms with Crippen LogP contribution in [0.3, 0.4) is 0 Å². The van der Waals surface area contributed by atoms with Gasteiger partial charge in [0.25, 0.3) is 0 Å². The zero-order chi connectivity index (χ0) is 16.0. The van der Waals surface area contributed by atoms with Crippen LogP contribution in [-0.2, 0) is 11.4 Å². The molecule has 2 aliphatic rings. The maximum absolute atomic E-state index is 11.8. The smallest absolute Gasteiger partial charge is 0.115 e. The lowest BCUT2D eigenvalue weighted by Crippen LogP contribution is -2.41. The molecule has 0 amide bonds. The van der Waals surface area contributed by atoms with Crippen LogP contribution >= 0.6 is 0 Å². The molecule has 124 valence electrons. The molecule has 4 rings (SSSR count). The summed E-state index contributed by atoms with van der Waals surface area (Å²) in [5, 5.41) is 11.2. The Morgan fingerprint density at radius 3 is 2.96 bits per heavy atom. The summed E-state index contributed by atoms with van der Waals surface area (Å²) < 4.78 is 15.8. The van der Waals surface area contributed by atoms with Gasteiger partial charge in [0, 0.05) is 35.6 Å². The first kappa shape index (κ1) is 15.4. The predicted octanol–water partition coefficient (Wildman–Crippen LogP) is 2.25. The van der Waals surface area contributed by atoms with Crippen molar-refractivity contribution >= 4 is 16.9 Å². The summed E-state index contributed by atoms with van der Waals surface area (Å²) in [5.74, 6) is 0.714. The Morgan fingerprint density at radius 1 is 1.39 bits per heavy atom. The number of pyridine rings is 1. The first-order chi connectivity index (χ1) is 11.1. The van der Waals surface area contributed by atoms with E-state index in [0.717, 1.165) is 30.5 Å².